The van der Waals surface area contributed by atoms with E-state index in [1.54, 1.807) is 19.1 Å². The molecule has 1 amide bonds. The summed E-state index contributed by atoms with van der Waals surface area (Å²) in [5, 5.41) is 11.3. The van der Waals surface area contributed by atoms with Crippen LogP contribution in [0.25, 0.3) is 0 Å². The fourth-order valence-electron chi connectivity index (χ4n) is 1.08. The number of hydrogen-bond donors (Lipinski definition) is 1. The Bertz CT molecular complexity index is 483. The van der Waals surface area contributed by atoms with Crippen molar-refractivity contribution in [2.45, 2.75) is 6.92 Å². The average Bonchev–Trinajstić information content (AvgIpc) is 2.31. The second-order valence-corrected chi connectivity index (χ2v) is 5.02. The fraction of sp³-hybridized carbons (Fsp3) is 0.273. The third kappa shape index (κ3) is 3.45. The number of nitriles is 1. The van der Waals surface area contributed by atoms with E-state index in [-0.39, 0.29) is 5.91 Å². The van der Waals surface area contributed by atoms with Gasteiger partial charge in [-0.25, -0.2) is 0 Å². The summed E-state index contributed by atoms with van der Waals surface area (Å²) in [6, 6.07) is 5.32. The van der Waals surface area contributed by atoms with Crippen molar-refractivity contribution in [3.8, 4) is 11.8 Å². The first-order chi connectivity index (χ1) is 7.99. The van der Waals surface area contributed by atoms with E-state index in [1.165, 1.54) is 7.11 Å². The topological polar surface area (TPSA) is 62.1 Å². The second kappa shape index (κ2) is 6.03. The largest absolute Gasteiger partial charge is 0.495 e. The number of benzene rings is 1. The van der Waals surface area contributed by atoms with E-state index in [9.17, 15) is 4.79 Å². The number of amides is 1. The van der Waals surface area contributed by atoms with Crippen LogP contribution in [0.3, 0.4) is 0 Å². The molecule has 0 aromatic heterocycles. The molecular formula is C11H10Br2N2O2. The first-order valence-electron chi connectivity index (χ1n) is 4.73. The normalized spacial score (nSPS) is 11.5. The number of carbonyl (C=O) groups excluding carboxylic acids is 1. The Morgan fingerprint density at radius 1 is 1.47 bits per heavy atom. The van der Waals surface area contributed by atoms with Gasteiger partial charge in [-0.2, -0.15) is 5.26 Å². The quantitative estimate of drug-likeness (QED) is 0.898. The minimum Gasteiger partial charge on any atom is -0.495 e. The zero-order valence-corrected chi connectivity index (χ0v) is 12.4. The molecule has 1 aromatic carbocycles. The third-order valence-electron chi connectivity index (χ3n) is 2.09. The van der Waals surface area contributed by atoms with Gasteiger partial charge in [0, 0.05) is 10.5 Å². The van der Waals surface area contributed by atoms with Crippen LogP contribution in [0.1, 0.15) is 6.92 Å². The predicted molar refractivity (Wildman–Crippen MR) is 71.8 cm³/mol. The molecule has 0 spiro atoms. The Morgan fingerprint density at radius 2 is 2.12 bits per heavy atom. The molecule has 0 heterocycles. The molecule has 6 heteroatoms. The van der Waals surface area contributed by atoms with Crippen LogP contribution in [-0.4, -0.2) is 13.0 Å². The van der Waals surface area contributed by atoms with Crippen molar-refractivity contribution in [2.75, 3.05) is 12.4 Å². The Hall–Kier alpha value is -1.06. The molecule has 0 radical (unpaired) electrons. The summed E-state index contributed by atoms with van der Waals surface area (Å²) >= 11 is 6.66. The number of hydrogen-bond acceptors (Lipinski definition) is 3. The first kappa shape index (κ1) is 14.0. The number of nitrogens with zero attached hydrogens (tertiary/aromatic N) is 1. The summed E-state index contributed by atoms with van der Waals surface area (Å²) < 4.78 is 6.61. The number of halogens is 2. The summed E-state index contributed by atoms with van der Waals surface area (Å²) in [5.41, 5.74) is 0.567. The lowest BCUT2D eigenvalue weighted by atomic mass is 10.2. The number of rotatable bonds is 3. The zero-order chi connectivity index (χ0) is 13.0. The summed E-state index contributed by atoms with van der Waals surface area (Å²) in [7, 11) is 1.54. The van der Waals surface area contributed by atoms with E-state index < -0.39 is 5.92 Å². The van der Waals surface area contributed by atoms with Crippen LogP contribution in [0.2, 0.25) is 0 Å². The highest BCUT2D eigenvalue weighted by atomic mass is 79.9. The van der Waals surface area contributed by atoms with Crippen LogP contribution in [-0.2, 0) is 4.79 Å². The molecule has 0 saturated heterocycles. The Morgan fingerprint density at radius 3 is 2.65 bits per heavy atom. The van der Waals surface area contributed by atoms with Crippen LogP contribution in [0.15, 0.2) is 21.1 Å². The second-order valence-electron chi connectivity index (χ2n) is 3.31. The molecule has 0 aliphatic heterocycles. The standard InChI is InChI=1S/C11H10Br2N2O2/c1-6(5-14)11(16)15-9-4-10(17-2)8(13)3-7(9)12/h3-4,6H,1-2H3,(H,15,16). The van der Waals surface area contributed by atoms with Crippen LogP contribution in [0.4, 0.5) is 5.69 Å². The number of nitrogens with one attached hydrogen (secondary N) is 1. The molecule has 1 rings (SSSR count). The van der Waals surface area contributed by atoms with E-state index in [0.29, 0.717) is 15.9 Å². The van der Waals surface area contributed by atoms with Gasteiger partial charge in [0.05, 0.1) is 23.3 Å². The Kier molecular flexibility index (Phi) is 4.97. The predicted octanol–water partition coefficient (Wildman–Crippen LogP) is 3.32. The van der Waals surface area contributed by atoms with Crippen LogP contribution >= 0.6 is 31.9 Å². The minimum absolute atomic E-state index is 0.349. The van der Waals surface area contributed by atoms with Crippen LogP contribution in [0.5, 0.6) is 5.75 Å². The molecule has 4 nitrogen and oxygen atoms in total. The van der Waals surface area contributed by atoms with Crippen molar-refractivity contribution in [1.82, 2.24) is 0 Å². The van der Waals surface area contributed by atoms with E-state index in [1.807, 2.05) is 6.07 Å². The summed E-state index contributed by atoms with van der Waals surface area (Å²) in [6.07, 6.45) is 0. The van der Waals surface area contributed by atoms with E-state index >= 15 is 0 Å². The van der Waals surface area contributed by atoms with Crippen molar-refractivity contribution in [3.63, 3.8) is 0 Å². The highest BCUT2D eigenvalue weighted by Gasteiger charge is 2.14. The number of anilines is 1. The molecule has 90 valence electrons. The summed E-state index contributed by atoms with van der Waals surface area (Å²) in [5.74, 6) is -0.442. The maximum absolute atomic E-state index is 11.6. The Balaban J connectivity index is 3.00. The summed E-state index contributed by atoms with van der Waals surface area (Å²) in [6.45, 7) is 1.54. The average molecular weight is 362 g/mol. The molecular weight excluding hydrogens is 352 g/mol. The summed E-state index contributed by atoms with van der Waals surface area (Å²) in [4.78, 5) is 11.6. The molecule has 0 aliphatic carbocycles. The molecule has 0 bridgehead atoms. The number of carbonyl (C=O) groups is 1. The van der Waals surface area contributed by atoms with Crippen LogP contribution in [0, 0.1) is 17.2 Å². The van der Waals surface area contributed by atoms with E-state index in [2.05, 4.69) is 37.2 Å². The minimum atomic E-state index is -0.698. The van der Waals surface area contributed by atoms with Gasteiger partial charge in [0.1, 0.15) is 11.7 Å². The zero-order valence-electron chi connectivity index (χ0n) is 9.25. The highest BCUT2D eigenvalue weighted by molar-refractivity contribution is 9.11. The van der Waals surface area contributed by atoms with E-state index in [4.69, 9.17) is 10.00 Å². The van der Waals surface area contributed by atoms with Crippen molar-refractivity contribution in [1.29, 1.82) is 5.26 Å². The monoisotopic (exact) mass is 360 g/mol. The van der Waals surface area contributed by atoms with Crippen molar-refractivity contribution in [3.05, 3.63) is 21.1 Å². The Labute approximate surface area is 116 Å². The molecule has 1 N–H and O–H groups in total. The van der Waals surface area contributed by atoms with Crippen LogP contribution < -0.4 is 10.1 Å². The van der Waals surface area contributed by atoms with Crippen molar-refractivity contribution < 1.29 is 9.53 Å². The molecule has 0 saturated carbocycles. The van der Waals surface area contributed by atoms with Gasteiger partial charge < -0.3 is 10.1 Å². The van der Waals surface area contributed by atoms with E-state index in [0.717, 1.165) is 4.47 Å². The lowest BCUT2D eigenvalue weighted by molar-refractivity contribution is -0.117. The molecule has 1 unspecified atom stereocenters. The van der Waals surface area contributed by atoms with Gasteiger partial charge >= 0.3 is 0 Å². The molecule has 0 fully saturated rings. The van der Waals surface area contributed by atoms with Gasteiger partial charge in [-0.15, -0.1) is 0 Å². The lowest BCUT2D eigenvalue weighted by Gasteiger charge is -2.11. The van der Waals surface area contributed by atoms with Gasteiger partial charge in [0.2, 0.25) is 5.91 Å². The van der Waals surface area contributed by atoms with Gasteiger partial charge in [-0.05, 0) is 44.8 Å². The van der Waals surface area contributed by atoms with Crippen molar-refractivity contribution in [2.24, 2.45) is 5.92 Å². The molecule has 17 heavy (non-hydrogen) atoms. The highest BCUT2D eigenvalue weighted by Crippen LogP contribution is 2.34. The molecule has 1 aromatic rings. The lowest BCUT2D eigenvalue weighted by Crippen LogP contribution is -2.19. The SMILES string of the molecule is COc1cc(NC(=O)C(C)C#N)c(Br)cc1Br. The van der Waals surface area contributed by atoms with Crippen molar-refractivity contribution >= 4 is 43.5 Å². The van der Waals surface area contributed by atoms with Gasteiger partial charge in [-0.1, -0.05) is 0 Å². The molecule has 0 aliphatic rings. The number of methoxy groups -OCH3 is 1. The number of ether oxygens (including phenoxy) is 1. The maximum Gasteiger partial charge on any atom is 0.241 e. The van der Waals surface area contributed by atoms with Gasteiger partial charge in [0.15, 0.2) is 0 Å². The maximum atomic E-state index is 11.6. The van der Waals surface area contributed by atoms with Gasteiger partial charge in [0.25, 0.3) is 0 Å². The molecule has 1 atom stereocenters. The fourth-order valence-corrected chi connectivity index (χ4v) is 2.34. The first-order valence-corrected chi connectivity index (χ1v) is 6.31. The smallest absolute Gasteiger partial charge is 0.241 e. The third-order valence-corrected chi connectivity index (χ3v) is 3.36. The van der Waals surface area contributed by atoms with Gasteiger partial charge in [-0.3, -0.25) is 4.79 Å².